The van der Waals surface area contributed by atoms with E-state index in [9.17, 15) is 4.79 Å². The zero-order valence-corrected chi connectivity index (χ0v) is 11.5. The molecule has 0 radical (unpaired) electrons. The molecule has 2 rings (SSSR count). The van der Waals surface area contributed by atoms with E-state index in [0.717, 1.165) is 23.5 Å². The van der Waals surface area contributed by atoms with Gasteiger partial charge < -0.3 is 11.1 Å². The number of nitrogens with two attached hydrogens (primary N) is 1. The second kappa shape index (κ2) is 4.34. The highest BCUT2D eigenvalue weighted by atomic mass is 32.1. The monoisotopic (exact) mass is 269 g/mol. The summed E-state index contributed by atoms with van der Waals surface area (Å²) in [6, 6.07) is -0.0898. The molecule has 6 heteroatoms. The number of nitrogens with one attached hydrogen (secondary N) is 1. The number of carbonyl (C=O) groups is 1. The molecule has 1 saturated carbocycles. The number of thiazole rings is 1. The van der Waals surface area contributed by atoms with Crippen molar-refractivity contribution < 1.29 is 4.79 Å². The molecule has 1 aromatic heterocycles. The van der Waals surface area contributed by atoms with Gasteiger partial charge in [0, 0.05) is 11.1 Å². The number of hydrogen-bond acceptors (Lipinski definition) is 4. The smallest absolute Gasteiger partial charge is 0.233 e. The van der Waals surface area contributed by atoms with Crippen LogP contribution in [-0.2, 0) is 4.79 Å². The molecule has 1 unspecified atom stereocenters. The summed E-state index contributed by atoms with van der Waals surface area (Å²) in [4.78, 5) is 16.7. The summed E-state index contributed by atoms with van der Waals surface area (Å²) in [6.07, 6.45) is 1.52. The highest BCUT2D eigenvalue weighted by Gasteiger charge is 2.53. The summed E-state index contributed by atoms with van der Waals surface area (Å²) in [7, 11) is 0. The van der Waals surface area contributed by atoms with Crippen molar-refractivity contribution in [3.8, 4) is 0 Å². The van der Waals surface area contributed by atoms with Crippen LogP contribution in [0, 0.1) is 12.3 Å². The molecular formula is C11H15N3OS2. The number of aromatic nitrogens is 1. The van der Waals surface area contributed by atoms with Gasteiger partial charge in [0.1, 0.15) is 5.01 Å². The number of rotatable bonds is 4. The van der Waals surface area contributed by atoms with Gasteiger partial charge in [0.05, 0.1) is 16.4 Å². The largest absolute Gasteiger partial charge is 0.392 e. The van der Waals surface area contributed by atoms with E-state index in [1.807, 2.05) is 19.2 Å². The molecule has 92 valence electrons. The number of carbonyl (C=O) groups excluding carboxylic acids is 1. The average molecular weight is 269 g/mol. The Hall–Kier alpha value is -1.01. The summed E-state index contributed by atoms with van der Waals surface area (Å²) in [5, 5.41) is 5.82. The molecule has 1 fully saturated rings. The lowest BCUT2D eigenvalue weighted by molar-refractivity contribution is -0.124. The van der Waals surface area contributed by atoms with Gasteiger partial charge in [-0.1, -0.05) is 12.2 Å². The van der Waals surface area contributed by atoms with E-state index in [4.69, 9.17) is 18.0 Å². The molecule has 1 aliphatic carbocycles. The Labute approximate surface area is 110 Å². The van der Waals surface area contributed by atoms with Gasteiger partial charge in [-0.25, -0.2) is 4.98 Å². The third kappa shape index (κ3) is 2.32. The molecule has 0 bridgehead atoms. The Balaban J connectivity index is 2.02. The van der Waals surface area contributed by atoms with Gasteiger partial charge in [-0.2, -0.15) is 0 Å². The van der Waals surface area contributed by atoms with Crippen LogP contribution in [0.25, 0.3) is 0 Å². The van der Waals surface area contributed by atoms with Crippen molar-refractivity contribution in [2.24, 2.45) is 11.1 Å². The topological polar surface area (TPSA) is 68.0 Å². The molecule has 17 heavy (non-hydrogen) atoms. The molecular weight excluding hydrogens is 254 g/mol. The summed E-state index contributed by atoms with van der Waals surface area (Å²) < 4.78 is 0. The van der Waals surface area contributed by atoms with Crippen LogP contribution < -0.4 is 11.1 Å². The number of hydrogen-bond donors (Lipinski definition) is 2. The van der Waals surface area contributed by atoms with Crippen LogP contribution in [0.2, 0.25) is 0 Å². The summed E-state index contributed by atoms with van der Waals surface area (Å²) in [6.45, 7) is 3.86. The zero-order chi connectivity index (χ0) is 12.6. The van der Waals surface area contributed by atoms with E-state index in [1.54, 1.807) is 11.3 Å². The van der Waals surface area contributed by atoms with Crippen molar-refractivity contribution in [1.29, 1.82) is 0 Å². The molecule has 1 aliphatic rings. The number of nitrogens with zero attached hydrogens (tertiary/aromatic N) is 1. The third-order valence-electron chi connectivity index (χ3n) is 3.01. The molecule has 0 saturated heterocycles. The number of aryl methyl sites for hydroxylation is 1. The molecule has 0 aromatic carbocycles. The Bertz CT molecular complexity index is 465. The molecule has 1 heterocycles. The highest BCUT2D eigenvalue weighted by Crippen LogP contribution is 2.46. The molecule has 1 amide bonds. The van der Waals surface area contributed by atoms with Crippen LogP contribution >= 0.6 is 23.6 Å². The summed E-state index contributed by atoms with van der Waals surface area (Å²) in [5.74, 6) is -0.0645. The summed E-state index contributed by atoms with van der Waals surface area (Å²) in [5.41, 5.74) is 6.00. The Morgan fingerprint density at radius 3 is 2.76 bits per heavy atom. The van der Waals surface area contributed by atoms with Gasteiger partial charge in [0.2, 0.25) is 5.91 Å². The SMILES string of the molecule is Cc1csc(C(C)NC(=O)C2(C(N)=S)CC2)n1. The van der Waals surface area contributed by atoms with Crippen molar-refractivity contribution in [1.82, 2.24) is 10.3 Å². The first-order valence-electron chi connectivity index (χ1n) is 5.48. The van der Waals surface area contributed by atoms with E-state index < -0.39 is 5.41 Å². The lowest BCUT2D eigenvalue weighted by atomic mass is 10.1. The van der Waals surface area contributed by atoms with Crippen molar-refractivity contribution in [2.75, 3.05) is 0 Å². The summed E-state index contributed by atoms with van der Waals surface area (Å²) >= 11 is 6.50. The molecule has 3 N–H and O–H groups in total. The average Bonchev–Trinajstić information content (AvgIpc) is 2.96. The fraction of sp³-hybridized carbons (Fsp3) is 0.545. The van der Waals surface area contributed by atoms with Crippen LogP contribution in [0.1, 0.15) is 36.5 Å². The second-order valence-electron chi connectivity index (χ2n) is 4.47. The van der Waals surface area contributed by atoms with E-state index in [1.165, 1.54) is 0 Å². The fourth-order valence-electron chi connectivity index (χ4n) is 1.68. The zero-order valence-electron chi connectivity index (χ0n) is 9.82. The van der Waals surface area contributed by atoms with Gasteiger partial charge in [0.15, 0.2) is 0 Å². The van der Waals surface area contributed by atoms with Crippen molar-refractivity contribution >= 4 is 34.5 Å². The maximum Gasteiger partial charge on any atom is 0.233 e. The van der Waals surface area contributed by atoms with Crippen LogP contribution in [0.15, 0.2) is 5.38 Å². The van der Waals surface area contributed by atoms with E-state index in [0.29, 0.717) is 4.99 Å². The first-order chi connectivity index (χ1) is 7.95. The third-order valence-corrected chi connectivity index (χ3v) is 4.55. The van der Waals surface area contributed by atoms with Crippen LogP contribution in [0.3, 0.4) is 0 Å². The molecule has 1 aromatic rings. The molecule has 0 spiro atoms. The minimum atomic E-state index is -0.587. The maximum absolute atomic E-state index is 12.1. The van der Waals surface area contributed by atoms with E-state index >= 15 is 0 Å². The van der Waals surface area contributed by atoms with Gasteiger partial charge >= 0.3 is 0 Å². The predicted molar refractivity (Wildman–Crippen MR) is 71.9 cm³/mol. The Morgan fingerprint density at radius 2 is 2.35 bits per heavy atom. The lowest BCUT2D eigenvalue weighted by Crippen LogP contribution is -2.40. The number of amides is 1. The van der Waals surface area contributed by atoms with Gasteiger partial charge in [0.25, 0.3) is 0 Å². The fourth-order valence-corrected chi connectivity index (χ4v) is 2.78. The van der Waals surface area contributed by atoms with Gasteiger partial charge in [-0.3, -0.25) is 4.79 Å². The predicted octanol–water partition coefficient (Wildman–Crippen LogP) is 1.70. The van der Waals surface area contributed by atoms with Crippen LogP contribution in [0.4, 0.5) is 0 Å². The molecule has 4 nitrogen and oxygen atoms in total. The molecule has 0 aliphatic heterocycles. The first kappa shape index (κ1) is 12.4. The van der Waals surface area contributed by atoms with Crippen LogP contribution in [-0.4, -0.2) is 15.9 Å². The van der Waals surface area contributed by atoms with Crippen molar-refractivity contribution in [3.05, 3.63) is 16.1 Å². The molecule has 1 atom stereocenters. The van der Waals surface area contributed by atoms with Crippen molar-refractivity contribution in [2.45, 2.75) is 32.7 Å². The highest BCUT2D eigenvalue weighted by molar-refractivity contribution is 7.80. The minimum absolute atomic E-state index is 0.0645. The lowest BCUT2D eigenvalue weighted by Gasteiger charge is -2.17. The quantitative estimate of drug-likeness (QED) is 0.816. The minimum Gasteiger partial charge on any atom is -0.392 e. The maximum atomic E-state index is 12.1. The Kier molecular flexibility index (Phi) is 3.18. The van der Waals surface area contributed by atoms with E-state index in [-0.39, 0.29) is 11.9 Å². The van der Waals surface area contributed by atoms with Crippen LogP contribution in [0.5, 0.6) is 0 Å². The number of thiocarbonyl (C=S) groups is 1. The van der Waals surface area contributed by atoms with E-state index in [2.05, 4.69) is 10.3 Å². The normalized spacial score (nSPS) is 18.5. The Morgan fingerprint density at radius 1 is 1.71 bits per heavy atom. The second-order valence-corrected chi connectivity index (χ2v) is 5.80. The van der Waals surface area contributed by atoms with Gasteiger partial charge in [-0.05, 0) is 26.7 Å². The first-order valence-corrected chi connectivity index (χ1v) is 6.77. The van der Waals surface area contributed by atoms with Gasteiger partial charge in [-0.15, -0.1) is 11.3 Å². The van der Waals surface area contributed by atoms with Crippen molar-refractivity contribution in [3.63, 3.8) is 0 Å². The standard InChI is InChI=1S/C11H15N3OS2/c1-6-5-17-8(13-6)7(2)14-10(15)11(3-4-11)9(12)16/h5,7H,3-4H2,1-2H3,(H2,12,16)(H,14,15).